The summed E-state index contributed by atoms with van der Waals surface area (Å²) in [5, 5.41) is 16.8. The Morgan fingerprint density at radius 2 is 1.70 bits per heavy atom. The maximum Gasteiger partial charge on any atom is 0.412 e. The number of rotatable bonds is 10. The number of hydrogen-bond acceptors (Lipinski definition) is 7. The number of ether oxygens (including phenoxy) is 1. The molecule has 0 saturated heterocycles. The van der Waals surface area contributed by atoms with Gasteiger partial charge in [0.15, 0.2) is 0 Å². The number of aromatic nitrogens is 1. The summed E-state index contributed by atoms with van der Waals surface area (Å²) in [5.74, 6) is -0.455. The van der Waals surface area contributed by atoms with E-state index < -0.39 is 17.6 Å². The van der Waals surface area contributed by atoms with Crippen molar-refractivity contribution in [1.82, 2.24) is 20.1 Å². The molecule has 11 nitrogen and oxygen atoms in total. The summed E-state index contributed by atoms with van der Waals surface area (Å²) >= 11 is 0. The Hall–Kier alpha value is -4.17. The van der Waals surface area contributed by atoms with E-state index in [1.165, 1.54) is 0 Å². The van der Waals surface area contributed by atoms with Crippen molar-refractivity contribution in [2.24, 2.45) is 0 Å². The zero-order chi connectivity index (χ0) is 27.4. The Labute approximate surface area is 217 Å². The minimum atomic E-state index is -0.659. The molecule has 2 aromatic rings. The number of likely N-dealkylation sites (N-methyl/N-ethyl adjacent to an activating group) is 1. The van der Waals surface area contributed by atoms with Gasteiger partial charge in [0.25, 0.3) is 5.91 Å². The Bertz CT molecular complexity index is 1110. The predicted molar refractivity (Wildman–Crippen MR) is 141 cm³/mol. The molecule has 0 unspecified atom stereocenters. The van der Waals surface area contributed by atoms with Crippen molar-refractivity contribution in [3.05, 3.63) is 53.9 Å². The third-order valence-electron chi connectivity index (χ3n) is 4.86. The number of para-hydroxylation sites is 2. The first-order valence-corrected chi connectivity index (χ1v) is 11.9. The highest BCUT2D eigenvalue weighted by atomic mass is 16.6. The molecule has 0 bridgehead atoms. The highest BCUT2D eigenvalue weighted by molar-refractivity contribution is 6.05. The van der Waals surface area contributed by atoms with Crippen LogP contribution in [0.1, 0.15) is 43.2 Å². The van der Waals surface area contributed by atoms with Crippen LogP contribution in [0.15, 0.2) is 42.6 Å². The monoisotopic (exact) mass is 509 g/mol. The van der Waals surface area contributed by atoms with Gasteiger partial charge in [0.05, 0.1) is 23.9 Å². The number of anilines is 2. The zero-order valence-corrected chi connectivity index (χ0v) is 22.0. The molecule has 0 spiro atoms. The van der Waals surface area contributed by atoms with Crippen molar-refractivity contribution in [3.63, 3.8) is 0 Å². The van der Waals surface area contributed by atoms with Gasteiger partial charge in [-0.25, -0.2) is 9.59 Å². The van der Waals surface area contributed by atoms with Gasteiger partial charge in [-0.1, -0.05) is 18.2 Å². The molecule has 1 heterocycles. The fourth-order valence-electron chi connectivity index (χ4n) is 3.08. The van der Waals surface area contributed by atoms with Crippen molar-refractivity contribution in [1.29, 1.82) is 5.26 Å². The van der Waals surface area contributed by atoms with Crippen LogP contribution in [-0.2, 0) is 11.3 Å². The van der Waals surface area contributed by atoms with Crippen LogP contribution < -0.4 is 16.0 Å². The second-order valence-corrected chi connectivity index (χ2v) is 9.54. The molecule has 0 aliphatic rings. The molecule has 198 valence electrons. The lowest BCUT2D eigenvalue weighted by Crippen LogP contribution is -2.43. The molecular formula is C26H35N7O4. The highest BCUT2D eigenvalue weighted by Gasteiger charge is 2.19. The molecule has 1 aromatic carbocycles. The van der Waals surface area contributed by atoms with Gasteiger partial charge in [-0.05, 0) is 58.6 Å². The van der Waals surface area contributed by atoms with Crippen molar-refractivity contribution in [2.45, 2.75) is 39.3 Å². The van der Waals surface area contributed by atoms with Gasteiger partial charge < -0.3 is 25.2 Å². The number of benzene rings is 1. The van der Waals surface area contributed by atoms with E-state index in [0.29, 0.717) is 31.0 Å². The van der Waals surface area contributed by atoms with E-state index in [4.69, 9.17) is 10.00 Å². The van der Waals surface area contributed by atoms with E-state index in [2.05, 4.69) is 20.9 Å². The van der Waals surface area contributed by atoms with Gasteiger partial charge in [0.2, 0.25) is 0 Å². The number of nitrogens with zero attached hydrogens (tertiary/aromatic N) is 4. The molecule has 2 rings (SSSR count). The molecule has 37 heavy (non-hydrogen) atoms. The number of pyridine rings is 1. The summed E-state index contributed by atoms with van der Waals surface area (Å²) in [5.41, 5.74) is 1.05. The van der Waals surface area contributed by atoms with Crippen LogP contribution in [0.2, 0.25) is 0 Å². The van der Waals surface area contributed by atoms with Gasteiger partial charge in [-0.2, -0.15) is 5.26 Å². The van der Waals surface area contributed by atoms with Crippen LogP contribution in [0.5, 0.6) is 0 Å². The SMILES string of the molecule is CN(C)CCN(Cc1ccc(C(=O)Nc2ccccc2NC(=O)OC(C)(C)C)nc1)C(=O)NCCC#N. The lowest BCUT2D eigenvalue weighted by atomic mass is 10.2. The van der Waals surface area contributed by atoms with Crippen molar-refractivity contribution < 1.29 is 19.1 Å². The predicted octanol–water partition coefficient (Wildman–Crippen LogP) is 3.67. The van der Waals surface area contributed by atoms with Crippen LogP contribution in [0.4, 0.5) is 21.0 Å². The van der Waals surface area contributed by atoms with Crippen LogP contribution in [-0.4, -0.2) is 72.1 Å². The van der Waals surface area contributed by atoms with E-state index in [0.717, 1.165) is 5.56 Å². The van der Waals surface area contributed by atoms with E-state index in [-0.39, 0.29) is 24.7 Å². The average Bonchev–Trinajstić information content (AvgIpc) is 2.82. The molecular weight excluding hydrogens is 474 g/mol. The van der Waals surface area contributed by atoms with Crippen molar-refractivity contribution >= 4 is 29.4 Å². The van der Waals surface area contributed by atoms with E-state index in [1.54, 1.807) is 68.3 Å². The number of urea groups is 1. The maximum absolute atomic E-state index is 12.8. The smallest absolute Gasteiger partial charge is 0.412 e. The Morgan fingerprint density at radius 3 is 2.27 bits per heavy atom. The number of carbonyl (C=O) groups is 3. The molecule has 0 fully saturated rings. The second-order valence-electron chi connectivity index (χ2n) is 9.54. The lowest BCUT2D eigenvalue weighted by Gasteiger charge is -2.24. The van der Waals surface area contributed by atoms with Gasteiger partial charge in [0, 0.05) is 32.4 Å². The molecule has 1 aromatic heterocycles. The normalized spacial score (nSPS) is 10.8. The van der Waals surface area contributed by atoms with Crippen LogP contribution in [0.3, 0.4) is 0 Å². The minimum absolute atomic E-state index is 0.175. The maximum atomic E-state index is 12.8. The van der Waals surface area contributed by atoms with Gasteiger partial charge in [-0.15, -0.1) is 0 Å². The summed E-state index contributed by atoms with van der Waals surface area (Å²) in [6.45, 7) is 7.00. The Kier molecular flexibility index (Phi) is 10.8. The molecule has 0 aliphatic carbocycles. The Morgan fingerprint density at radius 1 is 1.03 bits per heavy atom. The number of amides is 4. The van der Waals surface area contributed by atoms with Crippen LogP contribution in [0.25, 0.3) is 0 Å². The zero-order valence-electron chi connectivity index (χ0n) is 22.0. The Balaban J connectivity index is 2.06. The van der Waals surface area contributed by atoms with Crippen molar-refractivity contribution in [2.75, 3.05) is 44.4 Å². The average molecular weight is 510 g/mol. The molecule has 0 atom stereocenters. The topological polar surface area (TPSA) is 140 Å². The van der Waals surface area contributed by atoms with E-state index in [1.807, 2.05) is 25.1 Å². The molecule has 3 N–H and O–H groups in total. The quantitative estimate of drug-likeness (QED) is 0.415. The van der Waals surface area contributed by atoms with Crippen LogP contribution >= 0.6 is 0 Å². The molecule has 0 saturated carbocycles. The van der Waals surface area contributed by atoms with E-state index in [9.17, 15) is 14.4 Å². The highest BCUT2D eigenvalue weighted by Crippen LogP contribution is 2.22. The second kappa shape index (κ2) is 13.8. The number of nitriles is 1. The molecule has 0 radical (unpaired) electrons. The van der Waals surface area contributed by atoms with E-state index >= 15 is 0 Å². The molecule has 4 amide bonds. The summed E-state index contributed by atoms with van der Waals surface area (Å²) in [4.78, 5) is 45.4. The first-order valence-electron chi connectivity index (χ1n) is 11.9. The van der Waals surface area contributed by atoms with Gasteiger partial charge in [0.1, 0.15) is 11.3 Å². The summed E-state index contributed by atoms with van der Waals surface area (Å²) in [6.07, 6.45) is 1.15. The number of hydrogen-bond donors (Lipinski definition) is 3. The largest absolute Gasteiger partial charge is 0.444 e. The first kappa shape index (κ1) is 29.1. The fourth-order valence-corrected chi connectivity index (χ4v) is 3.08. The first-order chi connectivity index (χ1) is 17.5. The third-order valence-corrected chi connectivity index (χ3v) is 4.86. The summed E-state index contributed by atoms with van der Waals surface area (Å²) in [7, 11) is 3.84. The van der Waals surface area contributed by atoms with Crippen LogP contribution in [0, 0.1) is 11.3 Å². The number of carbonyl (C=O) groups excluding carboxylic acids is 3. The summed E-state index contributed by atoms with van der Waals surface area (Å²) < 4.78 is 5.28. The number of nitrogens with one attached hydrogen (secondary N) is 3. The molecule has 0 aliphatic heterocycles. The third kappa shape index (κ3) is 10.5. The van der Waals surface area contributed by atoms with Gasteiger partial charge >= 0.3 is 12.1 Å². The lowest BCUT2D eigenvalue weighted by molar-refractivity contribution is 0.0635. The standard InChI is InChI=1S/C26H35N7O4/c1-26(2,3)37-25(36)31-21-10-7-6-9-20(21)30-23(34)22-12-11-19(17-29-22)18-33(16-15-32(4)5)24(35)28-14-8-13-27/h6-7,9-12,17H,8,14-16,18H2,1-5H3,(H,28,35)(H,30,34)(H,31,36). The summed E-state index contributed by atoms with van der Waals surface area (Å²) in [6, 6.07) is 11.8. The van der Waals surface area contributed by atoms with Gasteiger partial charge in [-0.3, -0.25) is 15.1 Å². The minimum Gasteiger partial charge on any atom is -0.444 e. The van der Waals surface area contributed by atoms with Crippen molar-refractivity contribution in [3.8, 4) is 6.07 Å². The molecule has 11 heteroatoms. The fraction of sp³-hybridized carbons (Fsp3) is 0.423.